The van der Waals surface area contributed by atoms with Crippen molar-refractivity contribution in [1.29, 1.82) is 0 Å². The number of rotatable bonds is 6. The highest BCUT2D eigenvalue weighted by Gasteiger charge is 2.13. The van der Waals surface area contributed by atoms with E-state index in [0.717, 1.165) is 10.0 Å². The predicted octanol–water partition coefficient (Wildman–Crippen LogP) is 3.96. The van der Waals surface area contributed by atoms with Crippen LogP contribution in [-0.2, 0) is 6.54 Å². The maximum absolute atomic E-state index is 12.6. The molecule has 26 heavy (non-hydrogen) atoms. The third-order valence-corrected chi connectivity index (χ3v) is 4.32. The van der Waals surface area contributed by atoms with Crippen molar-refractivity contribution in [3.63, 3.8) is 0 Å². The second kappa shape index (κ2) is 8.05. The van der Waals surface area contributed by atoms with Gasteiger partial charge < -0.3 is 14.8 Å². The lowest BCUT2D eigenvalue weighted by Gasteiger charge is -2.11. The van der Waals surface area contributed by atoms with Crippen molar-refractivity contribution in [3.05, 3.63) is 70.3 Å². The smallest absolute Gasteiger partial charge is 0.256 e. The summed E-state index contributed by atoms with van der Waals surface area (Å²) in [6.45, 7) is 0.550. The van der Waals surface area contributed by atoms with Crippen molar-refractivity contribution in [2.24, 2.45) is 0 Å². The molecule has 2 aromatic carbocycles. The van der Waals surface area contributed by atoms with Gasteiger partial charge in [-0.2, -0.15) is 5.10 Å². The zero-order valence-electron chi connectivity index (χ0n) is 14.4. The second-order valence-electron chi connectivity index (χ2n) is 5.53. The Morgan fingerprint density at radius 2 is 1.92 bits per heavy atom. The summed E-state index contributed by atoms with van der Waals surface area (Å²) in [5, 5.41) is 7.17. The summed E-state index contributed by atoms with van der Waals surface area (Å²) < 4.78 is 13.2. The topological polar surface area (TPSA) is 65.4 Å². The molecule has 7 heteroatoms. The molecule has 0 saturated heterocycles. The molecule has 0 aliphatic rings. The molecule has 0 fully saturated rings. The molecule has 3 aromatic rings. The summed E-state index contributed by atoms with van der Waals surface area (Å²) in [5.41, 5.74) is 1.54. The van der Waals surface area contributed by atoms with Crippen LogP contribution >= 0.6 is 15.9 Å². The first kappa shape index (κ1) is 18.0. The van der Waals surface area contributed by atoms with Crippen molar-refractivity contribution < 1.29 is 14.3 Å². The standard InChI is InChI=1S/C19H18BrN3O3/c1-25-16-7-6-14(11-17(16)26-2)19(24)22-18-8-9-21-23(18)12-13-4-3-5-15(20)10-13/h3-11H,12H2,1-2H3,(H,22,24). The Labute approximate surface area is 159 Å². The van der Waals surface area contributed by atoms with Gasteiger partial charge in [0.15, 0.2) is 11.5 Å². The molecule has 0 atom stereocenters. The van der Waals surface area contributed by atoms with Gasteiger partial charge in [-0.3, -0.25) is 4.79 Å². The van der Waals surface area contributed by atoms with Crippen molar-refractivity contribution in [2.45, 2.75) is 6.54 Å². The van der Waals surface area contributed by atoms with E-state index in [-0.39, 0.29) is 5.91 Å². The van der Waals surface area contributed by atoms with E-state index in [1.165, 1.54) is 7.11 Å². The van der Waals surface area contributed by atoms with Crippen LogP contribution in [0.25, 0.3) is 0 Å². The Bertz CT molecular complexity index is 924. The number of amides is 1. The van der Waals surface area contributed by atoms with Crippen LogP contribution < -0.4 is 14.8 Å². The lowest BCUT2D eigenvalue weighted by atomic mass is 10.2. The van der Waals surface area contributed by atoms with Crippen LogP contribution in [0, 0.1) is 0 Å². The highest BCUT2D eigenvalue weighted by molar-refractivity contribution is 9.10. The predicted molar refractivity (Wildman–Crippen MR) is 103 cm³/mol. The Kier molecular flexibility index (Phi) is 5.58. The minimum Gasteiger partial charge on any atom is -0.493 e. The highest BCUT2D eigenvalue weighted by atomic mass is 79.9. The number of carbonyl (C=O) groups excluding carboxylic acids is 1. The van der Waals surface area contributed by atoms with E-state index in [9.17, 15) is 4.79 Å². The molecule has 1 N–H and O–H groups in total. The zero-order chi connectivity index (χ0) is 18.5. The second-order valence-corrected chi connectivity index (χ2v) is 6.44. The minimum absolute atomic E-state index is 0.248. The fraction of sp³-hybridized carbons (Fsp3) is 0.158. The van der Waals surface area contributed by atoms with Crippen LogP contribution in [0.1, 0.15) is 15.9 Å². The molecule has 1 heterocycles. The highest BCUT2D eigenvalue weighted by Crippen LogP contribution is 2.28. The first-order chi connectivity index (χ1) is 12.6. The van der Waals surface area contributed by atoms with Crippen LogP contribution in [0.2, 0.25) is 0 Å². The average molecular weight is 416 g/mol. The van der Waals surface area contributed by atoms with Crippen molar-refractivity contribution in [2.75, 3.05) is 19.5 Å². The van der Waals surface area contributed by atoms with Crippen molar-refractivity contribution in [1.82, 2.24) is 9.78 Å². The number of anilines is 1. The first-order valence-electron chi connectivity index (χ1n) is 7.90. The number of halogens is 1. The summed E-state index contributed by atoms with van der Waals surface area (Å²) in [6, 6.07) is 14.7. The maximum Gasteiger partial charge on any atom is 0.256 e. The van der Waals surface area contributed by atoms with E-state index in [1.807, 2.05) is 24.3 Å². The van der Waals surface area contributed by atoms with Crippen LogP contribution in [0.15, 0.2) is 59.2 Å². The minimum atomic E-state index is -0.248. The molecule has 134 valence electrons. The van der Waals surface area contributed by atoms with Gasteiger partial charge in [-0.15, -0.1) is 0 Å². The summed E-state index contributed by atoms with van der Waals surface area (Å²) in [4.78, 5) is 12.6. The molecular weight excluding hydrogens is 398 g/mol. The summed E-state index contributed by atoms with van der Waals surface area (Å²) in [7, 11) is 3.09. The molecule has 0 aliphatic heterocycles. The average Bonchev–Trinajstić information content (AvgIpc) is 3.07. The number of hydrogen-bond acceptors (Lipinski definition) is 4. The monoisotopic (exact) mass is 415 g/mol. The van der Waals surface area contributed by atoms with E-state index in [2.05, 4.69) is 26.3 Å². The molecule has 1 amide bonds. The summed E-state index contributed by atoms with van der Waals surface area (Å²) in [6.07, 6.45) is 1.65. The number of nitrogens with one attached hydrogen (secondary N) is 1. The fourth-order valence-electron chi connectivity index (χ4n) is 2.54. The van der Waals surface area contributed by atoms with Crippen LogP contribution in [0.4, 0.5) is 5.82 Å². The van der Waals surface area contributed by atoms with E-state index in [1.54, 1.807) is 42.3 Å². The number of ether oxygens (including phenoxy) is 2. The van der Waals surface area contributed by atoms with E-state index in [0.29, 0.717) is 29.4 Å². The van der Waals surface area contributed by atoms with Crippen LogP contribution in [0.3, 0.4) is 0 Å². The third-order valence-electron chi connectivity index (χ3n) is 3.83. The molecular formula is C19H18BrN3O3. The number of aromatic nitrogens is 2. The quantitative estimate of drug-likeness (QED) is 0.661. The van der Waals surface area contributed by atoms with Gasteiger partial charge in [0.25, 0.3) is 5.91 Å². The maximum atomic E-state index is 12.6. The van der Waals surface area contributed by atoms with Crippen LogP contribution in [0.5, 0.6) is 11.5 Å². The Morgan fingerprint density at radius 3 is 2.65 bits per heavy atom. The van der Waals surface area contributed by atoms with Crippen molar-refractivity contribution in [3.8, 4) is 11.5 Å². The number of benzene rings is 2. The molecule has 6 nitrogen and oxygen atoms in total. The molecule has 3 rings (SSSR count). The number of carbonyl (C=O) groups is 1. The van der Waals surface area contributed by atoms with Gasteiger partial charge in [0, 0.05) is 16.1 Å². The van der Waals surface area contributed by atoms with E-state index >= 15 is 0 Å². The number of nitrogens with zero attached hydrogens (tertiary/aromatic N) is 2. The Morgan fingerprint density at radius 1 is 1.12 bits per heavy atom. The van der Waals surface area contributed by atoms with E-state index in [4.69, 9.17) is 9.47 Å². The zero-order valence-corrected chi connectivity index (χ0v) is 16.0. The number of methoxy groups -OCH3 is 2. The molecule has 0 radical (unpaired) electrons. The summed E-state index contributed by atoms with van der Waals surface area (Å²) >= 11 is 3.46. The Hall–Kier alpha value is -2.80. The third kappa shape index (κ3) is 4.05. The van der Waals surface area contributed by atoms with Gasteiger partial charge in [0.05, 0.1) is 27.0 Å². The van der Waals surface area contributed by atoms with Gasteiger partial charge >= 0.3 is 0 Å². The van der Waals surface area contributed by atoms with E-state index < -0.39 is 0 Å². The largest absolute Gasteiger partial charge is 0.493 e. The molecule has 0 unspecified atom stereocenters. The van der Waals surface area contributed by atoms with Crippen LogP contribution in [-0.4, -0.2) is 29.9 Å². The van der Waals surface area contributed by atoms with Crippen molar-refractivity contribution >= 4 is 27.7 Å². The summed E-state index contributed by atoms with van der Waals surface area (Å²) in [5.74, 6) is 1.44. The fourth-order valence-corrected chi connectivity index (χ4v) is 2.99. The first-order valence-corrected chi connectivity index (χ1v) is 8.69. The molecule has 0 aliphatic carbocycles. The molecule has 1 aromatic heterocycles. The van der Waals surface area contributed by atoms with Gasteiger partial charge in [-0.05, 0) is 35.9 Å². The van der Waals surface area contributed by atoms with Gasteiger partial charge in [0.2, 0.25) is 0 Å². The molecule has 0 saturated carbocycles. The molecule has 0 bridgehead atoms. The lowest BCUT2D eigenvalue weighted by molar-refractivity contribution is 0.102. The molecule has 0 spiro atoms. The lowest BCUT2D eigenvalue weighted by Crippen LogP contribution is -2.16. The Balaban J connectivity index is 1.77. The normalized spacial score (nSPS) is 10.4. The SMILES string of the molecule is COc1ccc(C(=O)Nc2ccnn2Cc2cccc(Br)c2)cc1OC. The van der Waals surface area contributed by atoms with Gasteiger partial charge in [-0.25, -0.2) is 4.68 Å². The van der Waals surface area contributed by atoms with Gasteiger partial charge in [0.1, 0.15) is 5.82 Å². The number of hydrogen-bond donors (Lipinski definition) is 1. The van der Waals surface area contributed by atoms with Gasteiger partial charge in [-0.1, -0.05) is 28.1 Å².